The van der Waals surface area contributed by atoms with E-state index in [-0.39, 0.29) is 11.9 Å². The Bertz CT molecular complexity index is 1400. The van der Waals surface area contributed by atoms with Crippen molar-refractivity contribution in [3.8, 4) is 0 Å². The molecule has 0 N–H and O–H groups in total. The molecule has 4 aromatic rings. The fourth-order valence-electron chi connectivity index (χ4n) is 5.23. The van der Waals surface area contributed by atoms with Gasteiger partial charge in [-0.3, -0.25) is 14.7 Å². The lowest BCUT2D eigenvalue weighted by atomic mass is 10.0. The minimum atomic E-state index is 0.0273. The van der Waals surface area contributed by atoms with Crippen LogP contribution in [0.1, 0.15) is 29.5 Å². The van der Waals surface area contributed by atoms with Crippen molar-refractivity contribution >= 4 is 35.0 Å². The van der Waals surface area contributed by atoms with Crippen LogP contribution in [0.2, 0.25) is 5.02 Å². The van der Waals surface area contributed by atoms with Crippen molar-refractivity contribution in [1.82, 2.24) is 14.8 Å². The van der Waals surface area contributed by atoms with Crippen molar-refractivity contribution in [2.24, 2.45) is 0 Å². The molecule has 40 heavy (non-hydrogen) atoms. The molecule has 5 rings (SSSR count). The van der Waals surface area contributed by atoms with E-state index in [1.54, 1.807) is 18.5 Å². The molecule has 0 spiro atoms. The van der Waals surface area contributed by atoms with Gasteiger partial charge in [-0.2, -0.15) is 0 Å². The summed E-state index contributed by atoms with van der Waals surface area (Å²) in [6.07, 6.45) is 9.04. The summed E-state index contributed by atoms with van der Waals surface area (Å²) in [4.78, 5) is 24.4. The molecule has 0 unspecified atom stereocenters. The van der Waals surface area contributed by atoms with Gasteiger partial charge >= 0.3 is 0 Å². The summed E-state index contributed by atoms with van der Waals surface area (Å²) in [5.41, 5.74) is 5.52. The number of hydrogen-bond acceptors (Lipinski definition) is 4. The van der Waals surface area contributed by atoms with E-state index in [0.717, 1.165) is 55.0 Å². The highest BCUT2D eigenvalue weighted by Crippen LogP contribution is 2.25. The van der Waals surface area contributed by atoms with Crippen LogP contribution in [-0.4, -0.2) is 46.9 Å². The van der Waals surface area contributed by atoms with Crippen LogP contribution in [0.5, 0.6) is 0 Å². The summed E-state index contributed by atoms with van der Waals surface area (Å²) >= 11 is 6.16. The number of halogens is 1. The predicted molar refractivity (Wildman–Crippen MR) is 165 cm³/mol. The maximum Gasteiger partial charge on any atom is 0.247 e. The topological polar surface area (TPSA) is 39.7 Å². The standard InChI is InChI=1S/C34H35ClN4O/c1-37(32-16-20-36-21-17-32)31-13-10-29(11-14-31)26-39(34(40)15-12-27-8-5-9-30(35)24-27)33-18-22-38(23-19-33)25-28-6-3-2-4-7-28/h2-17,20-21,24,33H,18-19,22-23,25-26H2,1H3. The first-order valence-electron chi connectivity index (χ1n) is 13.8. The van der Waals surface area contributed by atoms with E-state index in [0.29, 0.717) is 11.6 Å². The summed E-state index contributed by atoms with van der Waals surface area (Å²) in [6.45, 7) is 3.46. The fourth-order valence-corrected chi connectivity index (χ4v) is 5.43. The van der Waals surface area contributed by atoms with Crippen LogP contribution < -0.4 is 4.90 Å². The van der Waals surface area contributed by atoms with Crippen LogP contribution in [0, 0.1) is 0 Å². The summed E-state index contributed by atoms with van der Waals surface area (Å²) in [6, 6.07) is 30.8. The molecule has 6 heteroatoms. The SMILES string of the molecule is CN(c1ccncc1)c1ccc(CN(C(=O)C=Cc2cccc(Cl)c2)C2CCN(Cc3ccccc3)CC2)cc1. The molecule has 1 aliphatic rings. The second-order valence-electron chi connectivity index (χ2n) is 10.3. The highest BCUT2D eigenvalue weighted by atomic mass is 35.5. The summed E-state index contributed by atoms with van der Waals surface area (Å²) in [5, 5.41) is 0.661. The lowest BCUT2D eigenvalue weighted by molar-refractivity contribution is -0.130. The number of rotatable bonds is 9. The number of amides is 1. The van der Waals surface area contributed by atoms with Gasteiger partial charge < -0.3 is 9.80 Å². The molecule has 0 saturated carbocycles. The molecule has 1 saturated heterocycles. The Morgan fingerprint density at radius 1 is 0.900 bits per heavy atom. The Hall–Kier alpha value is -3.93. The molecule has 3 aromatic carbocycles. The third-order valence-corrected chi connectivity index (χ3v) is 7.76. The average molecular weight is 551 g/mol. The molecule has 1 aromatic heterocycles. The molecule has 2 heterocycles. The van der Waals surface area contributed by atoms with Crippen molar-refractivity contribution < 1.29 is 4.79 Å². The van der Waals surface area contributed by atoms with Crippen LogP contribution in [0.25, 0.3) is 6.08 Å². The van der Waals surface area contributed by atoms with Crippen molar-refractivity contribution in [2.75, 3.05) is 25.0 Å². The summed E-state index contributed by atoms with van der Waals surface area (Å²) in [7, 11) is 2.05. The predicted octanol–water partition coefficient (Wildman–Crippen LogP) is 7.21. The Morgan fingerprint density at radius 2 is 1.60 bits per heavy atom. The molecule has 204 valence electrons. The molecule has 0 bridgehead atoms. The Labute approximate surface area is 242 Å². The third kappa shape index (κ3) is 7.38. The highest BCUT2D eigenvalue weighted by molar-refractivity contribution is 6.30. The molecular weight excluding hydrogens is 516 g/mol. The summed E-state index contributed by atoms with van der Waals surface area (Å²) in [5.74, 6) is 0.0273. The normalized spacial score (nSPS) is 14.3. The van der Waals surface area contributed by atoms with Crippen LogP contribution in [0.4, 0.5) is 11.4 Å². The first kappa shape index (κ1) is 27.6. The zero-order valence-electron chi connectivity index (χ0n) is 22.9. The van der Waals surface area contributed by atoms with E-state index in [1.807, 2.05) is 54.4 Å². The minimum Gasteiger partial charge on any atom is -0.345 e. The Morgan fingerprint density at radius 3 is 2.30 bits per heavy atom. The molecule has 0 atom stereocenters. The van der Waals surface area contributed by atoms with Gasteiger partial charge in [-0.15, -0.1) is 0 Å². The number of likely N-dealkylation sites (tertiary alicyclic amines) is 1. The van der Waals surface area contributed by atoms with Crippen LogP contribution in [0.15, 0.2) is 109 Å². The number of pyridine rings is 1. The van der Waals surface area contributed by atoms with E-state index in [4.69, 9.17) is 11.6 Å². The van der Waals surface area contributed by atoms with Crippen molar-refractivity contribution in [1.29, 1.82) is 0 Å². The van der Waals surface area contributed by atoms with Crippen molar-refractivity contribution in [3.05, 3.63) is 131 Å². The van der Waals surface area contributed by atoms with Gasteiger partial charge in [-0.05, 0) is 72.0 Å². The van der Waals surface area contributed by atoms with Gasteiger partial charge in [0.05, 0.1) is 0 Å². The van der Waals surface area contributed by atoms with E-state index in [9.17, 15) is 4.79 Å². The van der Waals surface area contributed by atoms with Gasteiger partial charge in [-0.1, -0.05) is 66.2 Å². The average Bonchev–Trinajstić information content (AvgIpc) is 3.00. The molecular formula is C34H35ClN4O. The number of carbonyl (C=O) groups is 1. The Balaban J connectivity index is 1.29. The van der Waals surface area contributed by atoms with Gasteiger partial charge in [0, 0.05) is 74.1 Å². The molecule has 0 aliphatic carbocycles. The van der Waals surface area contributed by atoms with Crippen LogP contribution >= 0.6 is 11.6 Å². The van der Waals surface area contributed by atoms with Gasteiger partial charge in [0.15, 0.2) is 0 Å². The number of anilines is 2. The zero-order valence-corrected chi connectivity index (χ0v) is 23.6. The number of carbonyl (C=O) groups excluding carboxylic acids is 1. The smallest absolute Gasteiger partial charge is 0.247 e. The van der Waals surface area contributed by atoms with E-state index in [2.05, 4.69) is 69.4 Å². The van der Waals surface area contributed by atoms with Gasteiger partial charge in [-0.25, -0.2) is 0 Å². The van der Waals surface area contributed by atoms with Gasteiger partial charge in [0.25, 0.3) is 0 Å². The fraction of sp³-hybridized carbons (Fsp3) is 0.235. The van der Waals surface area contributed by atoms with Crippen molar-refractivity contribution in [2.45, 2.75) is 32.0 Å². The quantitative estimate of drug-likeness (QED) is 0.206. The molecule has 0 radical (unpaired) electrons. The second kappa shape index (κ2) is 13.4. The summed E-state index contributed by atoms with van der Waals surface area (Å²) < 4.78 is 0. The minimum absolute atomic E-state index is 0.0273. The number of piperidine rings is 1. The monoisotopic (exact) mass is 550 g/mol. The van der Waals surface area contributed by atoms with Crippen LogP contribution in [-0.2, 0) is 17.9 Å². The van der Waals surface area contributed by atoms with Gasteiger partial charge in [0.1, 0.15) is 0 Å². The first-order valence-corrected chi connectivity index (χ1v) is 14.2. The lowest BCUT2D eigenvalue weighted by Gasteiger charge is -2.38. The van der Waals surface area contributed by atoms with E-state index < -0.39 is 0 Å². The van der Waals surface area contributed by atoms with Gasteiger partial charge in [0.2, 0.25) is 5.91 Å². The maximum atomic E-state index is 13.6. The number of benzene rings is 3. The zero-order chi connectivity index (χ0) is 27.7. The first-order chi connectivity index (χ1) is 19.5. The third-order valence-electron chi connectivity index (χ3n) is 7.52. The van der Waals surface area contributed by atoms with E-state index in [1.165, 1.54) is 5.56 Å². The largest absolute Gasteiger partial charge is 0.345 e. The lowest BCUT2D eigenvalue weighted by Crippen LogP contribution is -2.46. The number of nitrogens with zero attached hydrogens (tertiary/aromatic N) is 4. The molecule has 1 amide bonds. The number of aromatic nitrogens is 1. The molecule has 1 aliphatic heterocycles. The molecule has 1 fully saturated rings. The maximum absolute atomic E-state index is 13.6. The second-order valence-corrected chi connectivity index (χ2v) is 10.7. The van der Waals surface area contributed by atoms with Crippen LogP contribution in [0.3, 0.4) is 0 Å². The molecule has 5 nitrogen and oxygen atoms in total. The number of hydrogen-bond donors (Lipinski definition) is 0. The highest BCUT2D eigenvalue weighted by Gasteiger charge is 2.27. The van der Waals surface area contributed by atoms with E-state index >= 15 is 0 Å². The Kier molecular flexibility index (Phi) is 9.27. The van der Waals surface area contributed by atoms with Crippen molar-refractivity contribution in [3.63, 3.8) is 0 Å².